The van der Waals surface area contributed by atoms with E-state index in [9.17, 15) is 4.79 Å². The van der Waals surface area contributed by atoms with E-state index in [1.54, 1.807) is 12.1 Å². The fraction of sp³-hybridized carbons (Fsp3) is 0.111. The SMILES string of the molecule is N#Cc1cc(Br)cc(CC(=O)O)c1S. The van der Waals surface area contributed by atoms with Crippen molar-refractivity contribution in [2.24, 2.45) is 0 Å². The number of carboxylic acids is 1. The summed E-state index contributed by atoms with van der Waals surface area (Å²) in [6, 6.07) is 5.21. The van der Waals surface area contributed by atoms with Gasteiger partial charge in [0, 0.05) is 9.37 Å². The summed E-state index contributed by atoms with van der Waals surface area (Å²) >= 11 is 7.31. The van der Waals surface area contributed by atoms with Gasteiger partial charge in [0.25, 0.3) is 0 Å². The molecular weight excluding hydrogens is 266 g/mol. The van der Waals surface area contributed by atoms with E-state index in [1.165, 1.54) is 0 Å². The molecule has 0 aromatic heterocycles. The van der Waals surface area contributed by atoms with Crippen molar-refractivity contribution in [3.8, 4) is 6.07 Å². The fourth-order valence-electron chi connectivity index (χ4n) is 1.04. The van der Waals surface area contributed by atoms with Crippen LogP contribution in [0, 0.1) is 11.3 Å². The third kappa shape index (κ3) is 2.50. The molecule has 1 N–H and O–H groups in total. The Balaban J connectivity index is 3.23. The molecule has 0 unspecified atom stereocenters. The predicted molar refractivity (Wildman–Crippen MR) is 57.4 cm³/mol. The van der Waals surface area contributed by atoms with Gasteiger partial charge in [-0.25, -0.2) is 0 Å². The first-order valence-electron chi connectivity index (χ1n) is 3.68. The molecule has 0 amide bonds. The number of carbonyl (C=O) groups is 1. The molecule has 0 fully saturated rings. The highest BCUT2D eigenvalue weighted by atomic mass is 79.9. The van der Waals surface area contributed by atoms with E-state index in [1.807, 2.05) is 6.07 Å². The highest BCUT2D eigenvalue weighted by Crippen LogP contribution is 2.24. The third-order valence-corrected chi connectivity index (χ3v) is 2.60. The minimum absolute atomic E-state index is 0.132. The van der Waals surface area contributed by atoms with Crippen molar-refractivity contribution in [2.45, 2.75) is 11.3 Å². The molecule has 14 heavy (non-hydrogen) atoms. The Morgan fingerprint density at radius 2 is 2.29 bits per heavy atom. The summed E-state index contributed by atoms with van der Waals surface area (Å²) in [6.45, 7) is 0. The lowest BCUT2D eigenvalue weighted by atomic mass is 10.1. The number of carboxylic acid groups (broad SMARTS) is 1. The van der Waals surface area contributed by atoms with Crippen molar-refractivity contribution in [3.05, 3.63) is 27.7 Å². The third-order valence-electron chi connectivity index (χ3n) is 1.62. The minimum atomic E-state index is -0.942. The second kappa shape index (κ2) is 4.49. The number of nitriles is 1. The van der Waals surface area contributed by atoms with E-state index < -0.39 is 5.97 Å². The van der Waals surface area contributed by atoms with Gasteiger partial charge in [-0.3, -0.25) is 4.79 Å². The number of hydrogen-bond acceptors (Lipinski definition) is 3. The number of rotatable bonds is 2. The Bertz CT molecular complexity index is 426. The topological polar surface area (TPSA) is 61.1 Å². The van der Waals surface area contributed by atoms with Crippen LogP contribution in [0.25, 0.3) is 0 Å². The van der Waals surface area contributed by atoms with E-state index >= 15 is 0 Å². The summed E-state index contributed by atoms with van der Waals surface area (Å²) in [6.07, 6.45) is -0.132. The van der Waals surface area contributed by atoms with Crippen LogP contribution in [0.4, 0.5) is 0 Å². The predicted octanol–water partition coefficient (Wildman–Crippen LogP) is 2.24. The maximum Gasteiger partial charge on any atom is 0.307 e. The zero-order valence-corrected chi connectivity index (χ0v) is 9.47. The molecule has 0 aliphatic heterocycles. The van der Waals surface area contributed by atoms with E-state index in [2.05, 4.69) is 28.6 Å². The Kier molecular flexibility index (Phi) is 3.55. The highest BCUT2D eigenvalue weighted by Gasteiger charge is 2.09. The van der Waals surface area contributed by atoms with Crippen LogP contribution in [0.1, 0.15) is 11.1 Å². The van der Waals surface area contributed by atoms with Gasteiger partial charge in [-0.1, -0.05) is 15.9 Å². The van der Waals surface area contributed by atoms with Crippen LogP contribution in [0.2, 0.25) is 0 Å². The van der Waals surface area contributed by atoms with Gasteiger partial charge in [-0.05, 0) is 17.7 Å². The maximum atomic E-state index is 10.5. The lowest BCUT2D eigenvalue weighted by Gasteiger charge is -2.04. The molecule has 0 aliphatic carbocycles. The Morgan fingerprint density at radius 1 is 1.64 bits per heavy atom. The van der Waals surface area contributed by atoms with E-state index in [0.717, 1.165) is 0 Å². The van der Waals surface area contributed by atoms with Crippen molar-refractivity contribution >= 4 is 34.5 Å². The van der Waals surface area contributed by atoms with E-state index in [4.69, 9.17) is 10.4 Å². The van der Waals surface area contributed by atoms with Crippen LogP contribution in [0.3, 0.4) is 0 Å². The number of halogens is 1. The zero-order valence-electron chi connectivity index (χ0n) is 6.99. The van der Waals surface area contributed by atoms with E-state index in [0.29, 0.717) is 20.5 Å². The average Bonchev–Trinajstić information content (AvgIpc) is 2.09. The molecule has 0 saturated carbocycles. The van der Waals surface area contributed by atoms with Gasteiger partial charge in [0.2, 0.25) is 0 Å². The smallest absolute Gasteiger partial charge is 0.307 e. The summed E-state index contributed by atoms with van der Waals surface area (Å²) in [5, 5.41) is 17.3. The Hall–Kier alpha value is -0.990. The average molecular weight is 272 g/mol. The first-order chi connectivity index (χ1) is 6.54. The minimum Gasteiger partial charge on any atom is -0.481 e. The van der Waals surface area contributed by atoms with Crippen LogP contribution in [-0.2, 0) is 11.2 Å². The summed E-state index contributed by atoms with van der Waals surface area (Å²) in [5.41, 5.74) is 0.908. The van der Waals surface area contributed by atoms with Crippen molar-refractivity contribution < 1.29 is 9.90 Å². The number of benzene rings is 1. The van der Waals surface area contributed by atoms with Crippen molar-refractivity contribution in [3.63, 3.8) is 0 Å². The van der Waals surface area contributed by atoms with Crippen LogP contribution in [0.15, 0.2) is 21.5 Å². The first-order valence-corrected chi connectivity index (χ1v) is 4.92. The molecule has 3 nitrogen and oxygen atoms in total. The molecule has 0 spiro atoms. The fourth-order valence-corrected chi connectivity index (χ4v) is 1.80. The molecule has 0 bridgehead atoms. The number of aliphatic carboxylic acids is 1. The summed E-state index contributed by atoms with van der Waals surface area (Å²) in [5.74, 6) is -0.942. The quantitative estimate of drug-likeness (QED) is 0.811. The van der Waals surface area contributed by atoms with Crippen molar-refractivity contribution in [2.75, 3.05) is 0 Å². The van der Waals surface area contributed by atoms with Gasteiger partial charge >= 0.3 is 5.97 Å². The van der Waals surface area contributed by atoms with Gasteiger partial charge in [-0.15, -0.1) is 12.6 Å². The molecule has 5 heteroatoms. The monoisotopic (exact) mass is 271 g/mol. The maximum absolute atomic E-state index is 10.5. The molecule has 0 heterocycles. The second-order valence-electron chi connectivity index (χ2n) is 2.64. The number of hydrogen-bond donors (Lipinski definition) is 2. The standard InChI is InChI=1S/C9H6BrNO2S/c10-7-1-5(3-8(12)13)9(14)6(2-7)4-11/h1-2,14H,3H2,(H,12,13). The first kappa shape index (κ1) is 11.1. The molecule has 1 aromatic rings. The van der Waals surface area contributed by atoms with Crippen LogP contribution in [-0.4, -0.2) is 11.1 Å². The van der Waals surface area contributed by atoms with Gasteiger partial charge < -0.3 is 5.11 Å². The molecule has 0 radical (unpaired) electrons. The summed E-state index contributed by atoms with van der Waals surface area (Å²) < 4.78 is 0.683. The molecule has 0 atom stereocenters. The largest absolute Gasteiger partial charge is 0.481 e. The molecule has 72 valence electrons. The highest BCUT2D eigenvalue weighted by molar-refractivity contribution is 9.10. The molecule has 0 saturated heterocycles. The molecule has 1 aromatic carbocycles. The number of thiol groups is 1. The molecule has 0 aliphatic rings. The zero-order chi connectivity index (χ0) is 10.7. The number of nitrogens with zero attached hydrogens (tertiary/aromatic N) is 1. The van der Waals surface area contributed by atoms with Gasteiger partial charge in [0.1, 0.15) is 6.07 Å². The lowest BCUT2D eigenvalue weighted by Crippen LogP contribution is -2.02. The van der Waals surface area contributed by atoms with Crippen molar-refractivity contribution in [1.82, 2.24) is 0 Å². The second-order valence-corrected chi connectivity index (χ2v) is 4.01. The van der Waals surface area contributed by atoms with Crippen LogP contribution >= 0.6 is 28.6 Å². The van der Waals surface area contributed by atoms with Crippen LogP contribution in [0.5, 0.6) is 0 Å². The Labute approximate surface area is 94.9 Å². The van der Waals surface area contributed by atoms with Gasteiger partial charge in [0.05, 0.1) is 12.0 Å². The molecular formula is C9H6BrNO2S. The van der Waals surface area contributed by atoms with E-state index in [-0.39, 0.29) is 6.42 Å². The normalized spacial score (nSPS) is 9.50. The lowest BCUT2D eigenvalue weighted by molar-refractivity contribution is -0.136. The van der Waals surface area contributed by atoms with Crippen molar-refractivity contribution in [1.29, 1.82) is 5.26 Å². The summed E-state index contributed by atoms with van der Waals surface area (Å²) in [4.78, 5) is 10.9. The van der Waals surface area contributed by atoms with Gasteiger partial charge in [-0.2, -0.15) is 5.26 Å². The van der Waals surface area contributed by atoms with Gasteiger partial charge in [0.15, 0.2) is 0 Å². The van der Waals surface area contributed by atoms with Crippen LogP contribution < -0.4 is 0 Å². The molecule has 1 rings (SSSR count). The summed E-state index contributed by atoms with van der Waals surface area (Å²) in [7, 11) is 0. The Morgan fingerprint density at radius 3 is 2.79 bits per heavy atom.